The molecule has 16 heavy (non-hydrogen) atoms. The molecule has 0 aliphatic heterocycles. The van der Waals surface area contributed by atoms with Crippen LogP contribution in [0.15, 0.2) is 24.3 Å². The van der Waals surface area contributed by atoms with Gasteiger partial charge in [0.1, 0.15) is 12.0 Å². The number of rotatable bonds is 5. The molecule has 0 aliphatic carbocycles. The fourth-order valence-corrected chi connectivity index (χ4v) is 6.61. The molecule has 0 saturated heterocycles. The Morgan fingerprint density at radius 3 is 2.56 bits per heavy atom. The summed E-state index contributed by atoms with van der Waals surface area (Å²) in [4.78, 5) is 0. The molecule has 1 aromatic carbocycles. The summed E-state index contributed by atoms with van der Waals surface area (Å²) in [5, 5.41) is 0. The zero-order valence-electron chi connectivity index (χ0n) is 10.4. The van der Waals surface area contributed by atoms with Crippen LogP contribution < -0.4 is 10.5 Å². The van der Waals surface area contributed by atoms with Crippen molar-refractivity contribution in [3.63, 3.8) is 0 Å². The summed E-state index contributed by atoms with van der Waals surface area (Å²) in [6.07, 6.45) is 0.673. The Kier molecular flexibility index (Phi) is 4.58. The second-order valence-corrected chi connectivity index (χ2v) is 11.1. The van der Waals surface area contributed by atoms with Gasteiger partial charge in [0.2, 0.25) is 8.32 Å². The molecule has 0 bridgehead atoms. The third-order valence-corrected chi connectivity index (χ3v) is 6.61. The molecule has 2 N–H and O–H groups in total. The lowest BCUT2D eigenvalue weighted by atomic mass is 10.3. The largest absolute Gasteiger partial charge is 0.494 e. The van der Waals surface area contributed by atoms with Crippen LogP contribution in [0.2, 0.25) is 26.2 Å². The Balaban J connectivity index is 2.50. The van der Waals surface area contributed by atoms with Crippen molar-refractivity contribution >= 4 is 23.0 Å². The first-order valence-corrected chi connectivity index (χ1v) is 10.9. The van der Waals surface area contributed by atoms with Gasteiger partial charge in [-0.3, -0.25) is 0 Å². The number of nitrogens with two attached hydrogens (primary N) is 1. The number of anilines is 1. The third-order valence-electron chi connectivity index (χ3n) is 1.92. The van der Waals surface area contributed by atoms with Crippen LogP contribution in [0, 0.1) is 0 Å². The molecule has 0 fully saturated rings. The number of nitrogen functional groups attached to an aromatic ring is 1. The molecular weight excluding hydrogens is 234 g/mol. The van der Waals surface area contributed by atoms with Gasteiger partial charge in [-0.15, -0.1) is 0 Å². The predicted octanol–water partition coefficient (Wildman–Crippen LogP) is 2.66. The smallest absolute Gasteiger partial charge is 0.212 e. The van der Waals surface area contributed by atoms with E-state index in [1.54, 1.807) is 0 Å². The number of hydrogen-bond donors (Lipinski definition) is 1. The second-order valence-electron chi connectivity index (χ2n) is 4.63. The van der Waals surface area contributed by atoms with Crippen LogP contribution in [0.3, 0.4) is 0 Å². The maximum absolute atomic E-state index is 5.97. The van der Waals surface area contributed by atoms with Crippen LogP contribution in [0.5, 0.6) is 5.75 Å². The highest BCUT2D eigenvalue weighted by atomic mass is 28.4. The molecule has 0 saturated carbocycles. The average molecular weight is 254 g/mol. The van der Waals surface area contributed by atoms with Crippen molar-refractivity contribution in [2.24, 2.45) is 0 Å². The molecule has 0 unspecified atom stereocenters. The quantitative estimate of drug-likeness (QED) is 0.649. The van der Waals surface area contributed by atoms with E-state index in [4.69, 9.17) is 14.6 Å². The fraction of sp³-hybridized carbons (Fsp3) is 0.455. The first-order valence-electron chi connectivity index (χ1n) is 5.36. The number of hydrogen-bond acceptors (Lipinski definition) is 3. The van der Waals surface area contributed by atoms with Gasteiger partial charge >= 0.3 is 0 Å². The van der Waals surface area contributed by atoms with E-state index in [1.807, 2.05) is 24.3 Å². The zero-order valence-corrected chi connectivity index (χ0v) is 12.4. The highest BCUT2D eigenvalue weighted by Crippen LogP contribution is 2.16. The molecule has 0 heterocycles. The summed E-state index contributed by atoms with van der Waals surface area (Å²) < 4.78 is 11.7. The summed E-state index contributed by atoms with van der Waals surface area (Å²) in [5.41, 5.74) is 6.41. The van der Waals surface area contributed by atoms with Gasteiger partial charge in [0.05, 0.1) is 0 Å². The Morgan fingerprint density at radius 1 is 1.31 bits per heavy atom. The summed E-state index contributed by atoms with van der Waals surface area (Å²) >= 11 is 0. The highest BCUT2D eigenvalue weighted by molar-refractivity contribution is 6.77. The van der Waals surface area contributed by atoms with Gasteiger partial charge in [0.25, 0.3) is 0 Å². The van der Waals surface area contributed by atoms with E-state index in [2.05, 4.69) is 26.2 Å². The minimum absolute atomic E-state index is 0.646. The van der Waals surface area contributed by atoms with Crippen molar-refractivity contribution in [3.8, 4) is 5.75 Å². The maximum Gasteiger partial charge on any atom is 0.212 e. The predicted molar refractivity (Wildman–Crippen MR) is 72.4 cm³/mol. The van der Waals surface area contributed by atoms with Crippen LogP contribution in [0.25, 0.3) is 0 Å². The van der Waals surface area contributed by atoms with Crippen molar-refractivity contribution in [1.82, 2.24) is 0 Å². The van der Waals surface area contributed by atoms with Crippen LogP contribution in [0.1, 0.15) is 0 Å². The lowest BCUT2D eigenvalue weighted by molar-refractivity contribution is 0.354. The summed E-state index contributed by atoms with van der Waals surface area (Å²) in [6, 6.07) is 7.51. The number of ether oxygens (including phenoxy) is 1. The van der Waals surface area contributed by atoms with Crippen molar-refractivity contribution in [2.45, 2.75) is 26.2 Å². The molecule has 3 nitrogen and oxygen atoms in total. The molecule has 0 amide bonds. The van der Waals surface area contributed by atoms with Gasteiger partial charge in [-0.05, 0) is 38.3 Å². The molecule has 89 valence electrons. The van der Waals surface area contributed by atoms with E-state index in [9.17, 15) is 0 Å². The number of benzene rings is 1. The molecule has 0 aliphatic rings. The Bertz CT molecular complexity index is 343. The van der Waals surface area contributed by atoms with E-state index in [0.717, 1.165) is 11.4 Å². The van der Waals surface area contributed by atoms with E-state index in [1.165, 1.54) is 0 Å². The lowest BCUT2D eigenvalue weighted by Crippen LogP contribution is -2.41. The Hall–Kier alpha value is -0.786. The van der Waals surface area contributed by atoms with Crippen LogP contribution in [0.4, 0.5) is 5.69 Å². The van der Waals surface area contributed by atoms with Gasteiger partial charge in [0, 0.05) is 11.8 Å². The Labute approximate surface area is 100 Å². The van der Waals surface area contributed by atoms with Gasteiger partial charge in [-0.25, -0.2) is 0 Å². The van der Waals surface area contributed by atoms with Crippen molar-refractivity contribution in [1.29, 1.82) is 0 Å². The van der Waals surface area contributed by atoms with Gasteiger partial charge in [0.15, 0.2) is 9.04 Å². The minimum atomic E-state index is -1.68. The summed E-state index contributed by atoms with van der Waals surface area (Å²) in [5.74, 6) is 0.824. The van der Waals surface area contributed by atoms with E-state index in [0.29, 0.717) is 6.23 Å². The first-order chi connectivity index (χ1) is 7.39. The fourth-order valence-electron chi connectivity index (χ4n) is 1.44. The van der Waals surface area contributed by atoms with Gasteiger partial charge in [-0.1, -0.05) is 6.07 Å². The lowest BCUT2D eigenvalue weighted by Gasteiger charge is -2.25. The standard InChI is InChI=1S/C11H20NO2Si2/c1-15(2)14-16(3,4)9-13-11-7-5-6-10(12)8-11/h5-8H,9,12H2,1-4H3. The van der Waals surface area contributed by atoms with Crippen LogP contribution >= 0.6 is 0 Å². The molecule has 5 heteroatoms. The highest BCUT2D eigenvalue weighted by Gasteiger charge is 2.25. The second kappa shape index (κ2) is 5.51. The first kappa shape index (κ1) is 13.3. The van der Waals surface area contributed by atoms with E-state index >= 15 is 0 Å². The molecule has 1 radical (unpaired) electrons. The molecule has 0 aromatic heterocycles. The van der Waals surface area contributed by atoms with E-state index in [-0.39, 0.29) is 0 Å². The molecular formula is C11H20NO2Si2. The third kappa shape index (κ3) is 4.82. The topological polar surface area (TPSA) is 44.5 Å². The Morgan fingerprint density at radius 2 is 2.00 bits per heavy atom. The van der Waals surface area contributed by atoms with Crippen LogP contribution in [-0.4, -0.2) is 23.6 Å². The minimum Gasteiger partial charge on any atom is -0.494 e. The normalized spacial score (nSPS) is 11.8. The van der Waals surface area contributed by atoms with Crippen molar-refractivity contribution in [2.75, 3.05) is 12.0 Å². The van der Waals surface area contributed by atoms with E-state index < -0.39 is 17.4 Å². The van der Waals surface area contributed by atoms with Crippen LogP contribution in [-0.2, 0) is 4.12 Å². The monoisotopic (exact) mass is 254 g/mol. The summed E-state index contributed by atoms with van der Waals surface area (Å²) in [6.45, 7) is 8.66. The van der Waals surface area contributed by atoms with Crippen molar-refractivity contribution in [3.05, 3.63) is 24.3 Å². The zero-order chi connectivity index (χ0) is 12.2. The molecule has 1 aromatic rings. The maximum atomic E-state index is 5.97. The van der Waals surface area contributed by atoms with Gasteiger partial charge < -0.3 is 14.6 Å². The SMILES string of the molecule is C[Si](C)O[Si](C)(C)COc1cccc(N)c1. The molecule has 1 rings (SSSR count). The molecule has 0 spiro atoms. The van der Waals surface area contributed by atoms with Gasteiger partial charge in [-0.2, -0.15) is 0 Å². The molecule has 0 atom stereocenters. The average Bonchev–Trinajstić information content (AvgIpc) is 2.13. The summed E-state index contributed by atoms with van der Waals surface area (Å²) in [7, 11) is -2.33. The van der Waals surface area contributed by atoms with Crippen molar-refractivity contribution < 1.29 is 8.85 Å².